The second-order valence-corrected chi connectivity index (χ2v) is 4.06. The van der Waals surface area contributed by atoms with Crippen LogP contribution in [0.5, 0.6) is 0 Å². The first kappa shape index (κ1) is 10.1. The third kappa shape index (κ3) is 3.52. The Morgan fingerprint density at radius 2 is 2.38 bits per heavy atom. The van der Waals surface area contributed by atoms with Gasteiger partial charge in [0, 0.05) is 11.9 Å². The summed E-state index contributed by atoms with van der Waals surface area (Å²) in [5.41, 5.74) is 6.04. The van der Waals surface area contributed by atoms with Crippen molar-refractivity contribution in [3.63, 3.8) is 0 Å². The molecule has 1 rings (SSSR count). The predicted molar refractivity (Wildman–Crippen MR) is 52.4 cm³/mol. The molecule has 2 N–H and O–H groups in total. The number of carbonyl (C=O) groups is 1. The van der Waals surface area contributed by atoms with Crippen LogP contribution in [0.4, 0.5) is 0 Å². The molecule has 1 aromatic heterocycles. The summed E-state index contributed by atoms with van der Waals surface area (Å²) < 4.78 is 0. The molecule has 1 heterocycles. The van der Waals surface area contributed by atoms with Gasteiger partial charge >= 0.3 is 0 Å². The summed E-state index contributed by atoms with van der Waals surface area (Å²) in [7, 11) is 3.96. The van der Waals surface area contributed by atoms with Gasteiger partial charge in [0.25, 0.3) is 0 Å². The van der Waals surface area contributed by atoms with E-state index in [0.717, 1.165) is 17.2 Å². The van der Waals surface area contributed by atoms with E-state index in [0.29, 0.717) is 0 Å². The van der Waals surface area contributed by atoms with Gasteiger partial charge in [-0.2, -0.15) is 0 Å². The minimum absolute atomic E-state index is 0.248. The molecular weight excluding hydrogens is 186 g/mol. The zero-order valence-corrected chi connectivity index (χ0v) is 8.60. The molecule has 1 amide bonds. The number of nitrogens with two attached hydrogens (primary N) is 1. The molecule has 0 atom stereocenters. The molecule has 5 heteroatoms. The first-order chi connectivity index (χ1) is 6.08. The van der Waals surface area contributed by atoms with Crippen LogP contribution in [-0.4, -0.2) is 29.9 Å². The molecule has 0 aromatic carbocycles. The second kappa shape index (κ2) is 4.34. The van der Waals surface area contributed by atoms with E-state index in [4.69, 9.17) is 5.73 Å². The fourth-order valence-corrected chi connectivity index (χ4v) is 1.77. The number of hydrogen-bond acceptors (Lipinski definition) is 4. The second-order valence-electron chi connectivity index (χ2n) is 3.11. The monoisotopic (exact) mass is 199 g/mol. The van der Waals surface area contributed by atoms with Crippen molar-refractivity contribution in [1.82, 2.24) is 9.88 Å². The Labute approximate surface area is 81.4 Å². The first-order valence-corrected chi connectivity index (χ1v) is 4.82. The number of carbonyl (C=O) groups excluding carboxylic acids is 1. The van der Waals surface area contributed by atoms with Gasteiger partial charge in [0.15, 0.2) is 0 Å². The smallest absolute Gasteiger partial charge is 0.224 e. The van der Waals surface area contributed by atoms with Gasteiger partial charge in [-0.1, -0.05) is 0 Å². The molecule has 0 bridgehead atoms. The van der Waals surface area contributed by atoms with Crippen LogP contribution in [0.15, 0.2) is 5.38 Å². The van der Waals surface area contributed by atoms with E-state index in [2.05, 4.69) is 4.98 Å². The number of hydrogen-bond donors (Lipinski definition) is 1. The summed E-state index contributed by atoms with van der Waals surface area (Å²) >= 11 is 1.48. The van der Waals surface area contributed by atoms with Crippen LogP contribution < -0.4 is 5.73 Å². The van der Waals surface area contributed by atoms with Crippen LogP contribution in [0.2, 0.25) is 0 Å². The maximum Gasteiger partial charge on any atom is 0.224 e. The Hall–Kier alpha value is -0.940. The molecule has 72 valence electrons. The Kier molecular flexibility index (Phi) is 3.39. The summed E-state index contributed by atoms with van der Waals surface area (Å²) in [6, 6.07) is 0. The third-order valence-electron chi connectivity index (χ3n) is 1.40. The van der Waals surface area contributed by atoms with Crippen LogP contribution in [0.3, 0.4) is 0 Å². The fourth-order valence-electron chi connectivity index (χ4n) is 0.976. The molecule has 0 saturated carbocycles. The highest BCUT2D eigenvalue weighted by atomic mass is 32.1. The highest BCUT2D eigenvalue weighted by molar-refractivity contribution is 7.09. The van der Waals surface area contributed by atoms with Crippen molar-refractivity contribution in [1.29, 1.82) is 0 Å². The molecule has 0 aliphatic rings. The molecule has 0 spiro atoms. The molecule has 0 unspecified atom stereocenters. The van der Waals surface area contributed by atoms with Crippen molar-refractivity contribution >= 4 is 17.2 Å². The van der Waals surface area contributed by atoms with Crippen molar-refractivity contribution in [3.05, 3.63) is 16.1 Å². The lowest BCUT2D eigenvalue weighted by atomic mass is 10.4. The van der Waals surface area contributed by atoms with Gasteiger partial charge in [0.05, 0.1) is 12.1 Å². The third-order valence-corrected chi connectivity index (χ3v) is 2.30. The Balaban J connectivity index is 2.58. The van der Waals surface area contributed by atoms with Crippen molar-refractivity contribution < 1.29 is 4.79 Å². The van der Waals surface area contributed by atoms with Crippen LogP contribution >= 0.6 is 11.3 Å². The van der Waals surface area contributed by atoms with E-state index >= 15 is 0 Å². The SMILES string of the molecule is CN(C)Cc1csc(CC(N)=O)n1. The zero-order chi connectivity index (χ0) is 9.84. The molecule has 0 fully saturated rings. The summed E-state index contributed by atoms with van der Waals surface area (Å²) in [6.45, 7) is 0.801. The van der Waals surface area contributed by atoms with Gasteiger partial charge in [-0.3, -0.25) is 4.79 Å². The van der Waals surface area contributed by atoms with Crippen LogP contribution in [0.1, 0.15) is 10.7 Å². The maximum atomic E-state index is 10.6. The Bertz CT molecular complexity index is 295. The zero-order valence-electron chi connectivity index (χ0n) is 7.78. The largest absolute Gasteiger partial charge is 0.369 e. The lowest BCUT2D eigenvalue weighted by Gasteiger charge is -2.05. The van der Waals surface area contributed by atoms with Gasteiger partial charge in [0.1, 0.15) is 5.01 Å². The Morgan fingerprint density at radius 3 is 2.92 bits per heavy atom. The number of aromatic nitrogens is 1. The van der Waals surface area contributed by atoms with Crippen molar-refractivity contribution in [2.75, 3.05) is 14.1 Å². The van der Waals surface area contributed by atoms with Crippen LogP contribution in [-0.2, 0) is 17.8 Å². The lowest BCUT2D eigenvalue weighted by Crippen LogP contribution is -2.14. The van der Waals surface area contributed by atoms with Crippen molar-refractivity contribution in [2.45, 2.75) is 13.0 Å². The number of rotatable bonds is 4. The van der Waals surface area contributed by atoms with E-state index in [1.165, 1.54) is 11.3 Å². The van der Waals surface area contributed by atoms with E-state index in [-0.39, 0.29) is 12.3 Å². The standard InChI is InChI=1S/C8H13N3OS/c1-11(2)4-6-5-13-8(10-6)3-7(9)12/h5H,3-4H2,1-2H3,(H2,9,12). The molecule has 0 aliphatic heterocycles. The number of primary amides is 1. The van der Waals surface area contributed by atoms with Gasteiger partial charge in [-0.15, -0.1) is 11.3 Å². The number of amides is 1. The molecule has 1 aromatic rings. The van der Waals surface area contributed by atoms with Gasteiger partial charge in [-0.05, 0) is 14.1 Å². The molecule has 4 nitrogen and oxygen atoms in total. The quantitative estimate of drug-likeness (QED) is 0.755. The normalized spacial score (nSPS) is 10.7. The fraction of sp³-hybridized carbons (Fsp3) is 0.500. The minimum atomic E-state index is -0.328. The average Bonchev–Trinajstić information content (AvgIpc) is 2.33. The van der Waals surface area contributed by atoms with E-state index in [9.17, 15) is 4.79 Å². The summed E-state index contributed by atoms with van der Waals surface area (Å²) in [5, 5.41) is 2.75. The molecule has 13 heavy (non-hydrogen) atoms. The summed E-state index contributed by atoms with van der Waals surface area (Å²) in [4.78, 5) is 16.9. The van der Waals surface area contributed by atoms with Crippen LogP contribution in [0.25, 0.3) is 0 Å². The minimum Gasteiger partial charge on any atom is -0.369 e. The van der Waals surface area contributed by atoms with E-state index in [1.54, 1.807) is 0 Å². The highest BCUT2D eigenvalue weighted by Gasteiger charge is 2.05. The molecule has 0 aliphatic carbocycles. The highest BCUT2D eigenvalue weighted by Crippen LogP contribution is 2.11. The van der Waals surface area contributed by atoms with Gasteiger partial charge < -0.3 is 10.6 Å². The summed E-state index contributed by atoms with van der Waals surface area (Å²) in [6.07, 6.45) is 0.248. The van der Waals surface area contributed by atoms with Gasteiger partial charge in [-0.25, -0.2) is 4.98 Å². The number of thiazole rings is 1. The van der Waals surface area contributed by atoms with E-state index < -0.39 is 0 Å². The molecule has 0 radical (unpaired) electrons. The maximum absolute atomic E-state index is 10.6. The predicted octanol–water partition coefficient (Wildman–Crippen LogP) is 0.233. The first-order valence-electron chi connectivity index (χ1n) is 3.94. The topological polar surface area (TPSA) is 59.2 Å². The molecule has 0 saturated heterocycles. The lowest BCUT2D eigenvalue weighted by molar-refractivity contribution is -0.117. The van der Waals surface area contributed by atoms with Gasteiger partial charge in [0.2, 0.25) is 5.91 Å². The van der Waals surface area contributed by atoms with Crippen molar-refractivity contribution in [2.24, 2.45) is 5.73 Å². The summed E-state index contributed by atoms with van der Waals surface area (Å²) in [5.74, 6) is -0.328. The number of nitrogens with zero attached hydrogens (tertiary/aromatic N) is 2. The molecular formula is C8H13N3OS. The van der Waals surface area contributed by atoms with Crippen molar-refractivity contribution in [3.8, 4) is 0 Å². The average molecular weight is 199 g/mol. The van der Waals surface area contributed by atoms with Crippen LogP contribution in [0, 0.1) is 0 Å². The van der Waals surface area contributed by atoms with E-state index in [1.807, 2.05) is 24.4 Å². The Morgan fingerprint density at radius 1 is 1.69 bits per heavy atom.